The molecule has 1 amide bonds. The third-order valence-corrected chi connectivity index (χ3v) is 1.95. The number of rotatable bonds is 2. The predicted molar refractivity (Wildman–Crippen MR) is 52.0 cm³/mol. The lowest BCUT2D eigenvalue weighted by Gasteiger charge is -2.16. The van der Waals surface area contributed by atoms with Crippen LogP contribution in [0.3, 0.4) is 0 Å². The van der Waals surface area contributed by atoms with E-state index < -0.39 is 23.6 Å². The normalized spacial score (nSPS) is 12.3. The number of carbonyl (C=O) groups is 1. The van der Waals surface area contributed by atoms with Gasteiger partial charge in [-0.15, -0.1) is 0 Å². The van der Waals surface area contributed by atoms with Gasteiger partial charge in [0.2, 0.25) is 5.91 Å². The number of nitrogens with two attached hydrogens (primary N) is 1. The van der Waals surface area contributed by atoms with Crippen LogP contribution in [0.1, 0.15) is 11.6 Å². The van der Waals surface area contributed by atoms with Gasteiger partial charge in [-0.2, -0.15) is 0 Å². The third kappa shape index (κ3) is 2.73. The zero-order valence-electron chi connectivity index (χ0n) is 8.50. The maximum Gasteiger partial charge on any atom is 0.243 e. The molecule has 0 aliphatic carbocycles. The van der Waals surface area contributed by atoms with Gasteiger partial charge in [-0.05, 0) is 17.7 Å². The fourth-order valence-electron chi connectivity index (χ4n) is 1.18. The van der Waals surface area contributed by atoms with E-state index in [9.17, 15) is 13.6 Å². The van der Waals surface area contributed by atoms with Crippen LogP contribution in [0.5, 0.6) is 0 Å². The molecule has 0 saturated heterocycles. The fourth-order valence-corrected chi connectivity index (χ4v) is 1.18. The molecule has 0 aliphatic rings. The Bertz CT molecular complexity index is 359. The zero-order chi connectivity index (χ0) is 11.6. The van der Waals surface area contributed by atoms with Crippen molar-refractivity contribution >= 4 is 5.91 Å². The molecule has 3 nitrogen and oxygen atoms in total. The minimum absolute atomic E-state index is 0.131. The van der Waals surface area contributed by atoms with Gasteiger partial charge in [-0.1, -0.05) is 0 Å². The molecule has 0 aromatic heterocycles. The maximum atomic E-state index is 12.8. The van der Waals surface area contributed by atoms with E-state index in [2.05, 4.69) is 0 Å². The molecule has 0 radical (unpaired) electrons. The lowest BCUT2D eigenvalue weighted by Crippen LogP contribution is -2.33. The van der Waals surface area contributed by atoms with Crippen molar-refractivity contribution in [3.8, 4) is 0 Å². The minimum atomic E-state index is -1.04. The van der Waals surface area contributed by atoms with E-state index in [4.69, 9.17) is 5.73 Å². The highest BCUT2D eigenvalue weighted by molar-refractivity contribution is 5.82. The summed E-state index contributed by atoms with van der Waals surface area (Å²) in [5, 5.41) is 0. The maximum absolute atomic E-state index is 12.8. The van der Waals surface area contributed by atoms with Gasteiger partial charge in [0, 0.05) is 20.2 Å². The van der Waals surface area contributed by atoms with E-state index in [1.807, 2.05) is 0 Å². The van der Waals surface area contributed by atoms with Crippen molar-refractivity contribution < 1.29 is 13.6 Å². The Kier molecular flexibility index (Phi) is 3.36. The molecule has 0 fully saturated rings. The monoisotopic (exact) mass is 214 g/mol. The van der Waals surface area contributed by atoms with Crippen LogP contribution in [0.15, 0.2) is 18.2 Å². The average Bonchev–Trinajstić information content (AvgIpc) is 2.13. The first-order valence-electron chi connectivity index (χ1n) is 4.34. The van der Waals surface area contributed by atoms with Crippen molar-refractivity contribution in [1.29, 1.82) is 0 Å². The van der Waals surface area contributed by atoms with Crippen molar-refractivity contribution in [3.05, 3.63) is 35.4 Å². The molecule has 1 rings (SSSR count). The van der Waals surface area contributed by atoms with Crippen LogP contribution in [-0.2, 0) is 4.79 Å². The molecule has 0 aliphatic heterocycles. The molecule has 0 bridgehead atoms. The molecule has 2 N–H and O–H groups in total. The Hall–Kier alpha value is -1.49. The van der Waals surface area contributed by atoms with Crippen molar-refractivity contribution in [2.24, 2.45) is 5.73 Å². The molecule has 15 heavy (non-hydrogen) atoms. The van der Waals surface area contributed by atoms with Crippen LogP contribution in [0.2, 0.25) is 0 Å². The summed E-state index contributed by atoms with van der Waals surface area (Å²) in [6, 6.07) is 1.80. The minimum Gasteiger partial charge on any atom is -0.347 e. The van der Waals surface area contributed by atoms with Gasteiger partial charge < -0.3 is 10.6 Å². The van der Waals surface area contributed by atoms with Crippen LogP contribution in [-0.4, -0.2) is 24.9 Å². The highest BCUT2D eigenvalue weighted by atomic mass is 19.1. The molecule has 0 spiro atoms. The number of nitrogens with zero attached hydrogens (tertiary/aromatic N) is 1. The van der Waals surface area contributed by atoms with E-state index in [0.717, 1.165) is 18.2 Å². The lowest BCUT2D eigenvalue weighted by atomic mass is 10.1. The van der Waals surface area contributed by atoms with Gasteiger partial charge in [0.25, 0.3) is 0 Å². The van der Waals surface area contributed by atoms with E-state index in [1.54, 1.807) is 0 Å². The molecule has 1 atom stereocenters. The van der Waals surface area contributed by atoms with Crippen molar-refractivity contribution in [1.82, 2.24) is 4.90 Å². The van der Waals surface area contributed by atoms with E-state index in [0.29, 0.717) is 0 Å². The third-order valence-electron chi connectivity index (χ3n) is 1.95. The number of hydrogen-bond acceptors (Lipinski definition) is 2. The van der Waals surface area contributed by atoms with Crippen LogP contribution in [0, 0.1) is 11.6 Å². The lowest BCUT2D eigenvalue weighted by molar-refractivity contribution is -0.130. The second-order valence-electron chi connectivity index (χ2n) is 3.41. The summed E-state index contributed by atoms with van der Waals surface area (Å²) >= 11 is 0. The standard InChI is InChI=1S/C10H12F2N2O/c1-14(2)10(15)9(13)6-3-7(11)5-8(12)4-6/h3-5,9H,13H2,1-2H3. The van der Waals surface area contributed by atoms with Gasteiger partial charge in [0.05, 0.1) is 0 Å². The highest BCUT2D eigenvalue weighted by Crippen LogP contribution is 2.15. The number of likely N-dealkylation sites (N-methyl/N-ethyl adjacent to an activating group) is 1. The second kappa shape index (κ2) is 4.35. The second-order valence-corrected chi connectivity index (χ2v) is 3.41. The molecular formula is C10H12F2N2O. The zero-order valence-corrected chi connectivity index (χ0v) is 8.50. The summed E-state index contributed by atoms with van der Waals surface area (Å²) in [7, 11) is 3.05. The van der Waals surface area contributed by atoms with Crippen LogP contribution >= 0.6 is 0 Å². The average molecular weight is 214 g/mol. The number of halogens is 2. The molecule has 0 heterocycles. The Morgan fingerprint density at radius 3 is 2.13 bits per heavy atom. The topological polar surface area (TPSA) is 46.3 Å². The fraction of sp³-hybridized carbons (Fsp3) is 0.300. The number of benzene rings is 1. The van der Waals surface area contributed by atoms with Crippen molar-refractivity contribution in [2.75, 3.05) is 14.1 Å². The summed E-state index contributed by atoms with van der Waals surface area (Å²) in [6.45, 7) is 0. The first-order chi connectivity index (χ1) is 6.91. The Labute approximate surface area is 86.5 Å². The summed E-state index contributed by atoms with van der Waals surface area (Å²) in [4.78, 5) is 12.7. The van der Waals surface area contributed by atoms with E-state index >= 15 is 0 Å². The van der Waals surface area contributed by atoms with E-state index in [-0.39, 0.29) is 5.56 Å². The molecule has 0 saturated carbocycles. The Balaban J connectivity index is 3.00. The van der Waals surface area contributed by atoms with Crippen molar-refractivity contribution in [3.63, 3.8) is 0 Å². The SMILES string of the molecule is CN(C)C(=O)C(N)c1cc(F)cc(F)c1. The first-order valence-corrected chi connectivity index (χ1v) is 4.34. The van der Waals surface area contributed by atoms with Gasteiger partial charge in [-0.3, -0.25) is 4.79 Å². The quantitative estimate of drug-likeness (QED) is 0.799. The summed E-state index contributed by atoms with van der Waals surface area (Å²) < 4.78 is 25.7. The Morgan fingerprint density at radius 2 is 1.73 bits per heavy atom. The van der Waals surface area contributed by atoms with Crippen LogP contribution in [0.4, 0.5) is 8.78 Å². The predicted octanol–water partition coefficient (Wildman–Crippen LogP) is 1.05. The Morgan fingerprint density at radius 1 is 1.27 bits per heavy atom. The molecule has 82 valence electrons. The summed E-state index contributed by atoms with van der Waals surface area (Å²) in [6.07, 6.45) is 0. The largest absolute Gasteiger partial charge is 0.347 e. The van der Waals surface area contributed by atoms with Gasteiger partial charge in [0.1, 0.15) is 17.7 Å². The molecule has 1 aromatic carbocycles. The number of amides is 1. The molecule has 1 aromatic rings. The van der Waals surface area contributed by atoms with Crippen LogP contribution in [0.25, 0.3) is 0 Å². The molecular weight excluding hydrogens is 202 g/mol. The first kappa shape index (κ1) is 11.6. The van der Waals surface area contributed by atoms with Gasteiger partial charge >= 0.3 is 0 Å². The van der Waals surface area contributed by atoms with E-state index in [1.165, 1.54) is 19.0 Å². The summed E-state index contributed by atoms with van der Waals surface area (Å²) in [5.41, 5.74) is 5.68. The number of carbonyl (C=O) groups excluding carboxylic acids is 1. The smallest absolute Gasteiger partial charge is 0.243 e. The summed E-state index contributed by atoms with van der Waals surface area (Å²) in [5.74, 6) is -1.89. The van der Waals surface area contributed by atoms with Gasteiger partial charge in [0.15, 0.2) is 0 Å². The van der Waals surface area contributed by atoms with Crippen molar-refractivity contribution in [2.45, 2.75) is 6.04 Å². The van der Waals surface area contributed by atoms with Crippen LogP contribution < -0.4 is 5.73 Å². The molecule has 5 heteroatoms. The molecule has 1 unspecified atom stereocenters. The highest BCUT2D eigenvalue weighted by Gasteiger charge is 2.18. The number of hydrogen-bond donors (Lipinski definition) is 1. The van der Waals surface area contributed by atoms with Gasteiger partial charge in [-0.25, -0.2) is 8.78 Å².